The molecule has 4 atom stereocenters. The van der Waals surface area contributed by atoms with Crippen LogP contribution >= 0.6 is 0 Å². The number of benzene rings is 1. The van der Waals surface area contributed by atoms with Crippen molar-refractivity contribution >= 4 is 23.4 Å². The second-order valence-corrected chi connectivity index (χ2v) is 7.26. The number of rotatable bonds is 5. The molecule has 3 amide bonds. The van der Waals surface area contributed by atoms with Crippen LogP contribution in [0, 0.1) is 23.7 Å². The van der Waals surface area contributed by atoms with Gasteiger partial charge >= 0.3 is 0 Å². The molecule has 138 valence electrons. The Morgan fingerprint density at radius 3 is 2.35 bits per heavy atom. The molecule has 3 aliphatic rings. The minimum absolute atomic E-state index is 0.181. The van der Waals surface area contributed by atoms with E-state index in [0.29, 0.717) is 29.0 Å². The van der Waals surface area contributed by atoms with Crippen molar-refractivity contribution < 1.29 is 23.9 Å². The van der Waals surface area contributed by atoms with E-state index in [-0.39, 0.29) is 30.2 Å². The van der Waals surface area contributed by atoms with E-state index in [2.05, 4.69) is 5.32 Å². The zero-order chi connectivity index (χ0) is 18.4. The number of hydrogen-bond donors (Lipinski definition) is 1. The molecule has 7 heteroatoms. The van der Waals surface area contributed by atoms with Crippen molar-refractivity contribution in [2.45, 2.75) is 19.3 Å². The van der Waals surface area contributed by atoms with Gasteiger partial charge in [-0.25, -0.2) is 0 Å². The minimum atomic E-state index is -0.425. The van der Waals surface area contributed by atoms with Crippen LogP contribution in [0.3, 0.4) is 0 Å². The van der Waals surface area contributed by atoms with Gasteiger partial charge in [0.2, 0.25) is 17.7 Å². The van der Waals surface area contributed by atoms with Gasteiger partial charge in [-0.1, -0.05) is 0 Å². The number of amides is 3. The third-order valence-electron chi connectivity index (χ3n) is 6.00. The molecule has 1 aliphatic heterocycles. The summed E-state index contributed by atoms with van der Waals surface area (Å²) >= 11 is 0. The fourth-order valence-corrected chi connectivity index (χ4v) is 4.87. The number of nitrogens with one attached hydrogen (secondary N) is 1. The van der Waals surface area contributed by atoms with Crippen molar-refractivity contribution in [3.63, 3.8) is 0 Å². The predicted molar refractivity (Wildman–Crippen MR) is 92.7 cm³/mol. The molecule has 26 heavy (non-hydrogen) atoms. The highest BCUT2D eigenvalue weighted by Gasteiger charge is 2.60. The number of nitrogens with zero attached hydrogens (tertiary/aromatic N) is 1. The van der Waals surface area contributed by atoms with Gasteiger partial charge in [0.25, 0.3) is 0 Å². The Balaban J connectivity index is 1.47. The first-order valence-electron chi connectivity index (χ1n) is 8.90. The Hall–Kier alpha value is -2.57. The molecule has 0 aromatic heterocycles. The van der Waals surface area contributed by atoms with Crippen LogP contribution in [0.25, 0.3) is 0 Å². The highest BCUT2D eigenvalue weighted by molar-refractivity contribution is 6.09. The maximum absolute atomic E-state index is 12.7. The molecule has 0 unspecified atom stereocenters. The molecule has 1 heterocycles. The third kappa shape index (κ3) is 2.53. The first kappa shape index (κ1) is 16.9. The number of hydrogen-bond acceptors (Lipinski definition) is 5. The molecular formula is C19H22N2O5. The SMILES string of the molecule is COc1ccc(OC)c(NC(=O)CN2C(=O)[C@@H]3[C@H]4CC[C@@H](C4)[C@H]3C2=O)c1. The van der Waals surface area contributed by atoms with E-state index < -0.39 is 5.91 Å². The Morgan fingerprint density at radius 2 is 1.77 bits per heavy atom. The molecular weight excluding hydrogens is 336 g/mol. The Kier molecular flexibility index (Phi) is 4.09. The first-order valence-corrected chi connectivity index (χ1v) is 8.90. The molecule has 0 spiro atoms. The summed E-state index contributed by atoms with van der Waals surface area (Å²) in [5.74, 6) is 0.473. The number of likely N-dealkylation sites (tertiary alicyclic amines) is 1. The molecule has 2 aliphatic carbocycles. The second-order valence-electron chi connectivity index (χ2n) is 7.26. The molecule has 1 aromatic carbocycles. The van der Waals surface area contributed by atoms with Gasteiger partial charge in [0.15, 0.2) is 0 Å². The zero-order valence-electron chi connectivity index (χ0n) is 14.9. The standard InChI is InChI=1S/C19H22N2O5/c1-25-12-5-6-14(26-2)13(8-12)20-15(22)9-21-18(23)16-10-3-4-11(7-10)17(16)19(21)24/h5-6,8,10-11,16-17H,3-4,7,9H2,1-2H3,(H,20,22)/t10-,11-,16+,17+/m0/s1. The molecule has 1 N–H and O–H groups in total. The molecule has 2 saturated carbocycles. The summed E-state index contributed by atoms with van der Waals surface area (Å²) in [7, 11) is 3.03. The molecule has 4 rings (SSSR count). The van der Waals surface area contributed by atoms with E-state index in [0.717, 1.165) is 24.2 Å². The Labute approximate surface area is 151 Å². The fraction of sp³-hybridized carbons (Fsp3) is 0.526. The van der Waals surface area contributed by atoms with E-state index in [1.54, 1.807) is 18.2 Å². The van der Waals surface area contributed by atoms with Gasteiger partial charge in [-0.3, -0.25) is 19.3 Å². The Bertz CT molecular complexity index is 749. The lowest BCUT2D eigenvalue weighted by molar-refractivity contribution is -0.143. The van der Waals surface area contributed by atoms with Gasteiger partial charge < -0.3 is 14.8 Å². The predicted octanol–water partition coefficient (Wildman–Crippen LogP) is 1.67. The van der Waals surface area contributed by atoms with E-state index in [9.17, 15) is 14.4 Å². The van der Waals surface area contributed by atoms with Gasteiger partial charge in [-0.15, -0.1) is 0 Å². The lowest BCUT2D eigenvalue weighted by Crippen LogP contribution is -2.39. The summed E-state index contributed by atoms with van der Waals surface area (Å²) < 4.78 is 10.4. The van der Waals surface area contributed by atoms with Crippen molar-refractivity contribution in [2.75, 3.05) is 26.1 Å². The van der Waals surface area contributed by atoms with Crippen LogP contribution in [0.4, 0.5) is 5.69 Å². The van der Waals surface area contributed by atoms with Crippen molar-refractivity contribution in [1.82, 2.24) is 4.90 Å². The van der Waals surface area contributed by atoms with Crippen molar-refractivity contribution in [3.8, 4) is 11.5 Å². The monoisotopic (exact) mass is 358 g/mol. The number of carbonyl (C=O) groups is 3. The maximum Gasteiger partial charge on any atom is 0.244 e. The summed E-state index contributed by atoms with van der Waals surface area (Å²) in [5, 5.41) is 2.72. The van der Waals surface area contributed by atoms with Gasteiger partial charge in [0, 0.05) is 6.07 Å². The maximum atomic E-state index is 12.7. The quantitative estimate of drug-likeness (QED) is 0.810. The fourth-order valence-electron chi connectivity index (χ4n) is 4.87. The summed E-state index contributed by atoms with van der Waals surface area (Å²) in [6.45, 7) is -0.259. The van der Waals surface area contributed by atoms with Gasteiger partial charge in [0.05, 0.1) is 31.7 Å². The van der Waals surface area contributed by atoms with Crippen LogP contribution in [0.15, 0.2) is 18.2 Å². The molecule has 7 nitrogen and oxygen atoms in total. The van der Waals surface area contributed by atoms with Crippen LogP contribution in [0.5, 0.6) is 11.5 Å². The largest absolute Gasteiger partial charge is 0.497 e. The highest BCUT2D eigenvalue weighted by atomic mass is 16.5. The molecule has 1 aromatic rings. The van der Waals surface area contributed by atoms with Crippen molar-refractivity contribution in [2.24, 2.45) is 23.7 Å². The number of fused-ring (bicyclic) bond motifs is 5. The average molecular weight is 358 g/mol. The van der Waals surface area contributed by atoms with E-state index in [4.69, 9.17) is 9.47 Å². The van der Waals surface area contributed by atoms with E-state index in [1.807, 2.05) is 0 Å². The van der Waals surface area contributed by atoms with E-state index in [1.165, 1.54) is 14.2 Å². The van der Waals surface area contributed by atoms with Crippen molar-refractivity contribution in [3.05, 3.63) is 18.2 Å². The number of anilines is 1. The lowest BCUT2D eigenvalue weighted by atomic mass is 9.81. The van der Waals surface area contributed by atoms with Crippen LogP contribution in [-0.2, 0) is 14.4 Å². The Morgan fingerprint density at radius 1 is 1.12 bits per heavy atom. The first-order chi connectivity index (χ1) is 12.5. The third-order valence-corrected chi connectivity index (χ3v) is 6.00. The number of carbonyl (C=O) groups excluding carboxylic acids is 3. The normalized spacial score (nSPS) is 29.1. The lowest BCUT2D eigenvalue weighted by Gasteiger charge is -2.19. The minimum Gasteiger partial charge on any atom is -0.497 e. The van der Waals surface area contributed by atoms with E-state index >= 15 is 0 Å². The molecule has 1 saturated heterocycles. The van der Waals surface area contributed by atoms with Crippen LogP contribution in [-0.4, -0.2) is 43.4 Å². The second kappa shape index (κ2) is 6.30. The van der Waals surface area contributed by atoms with Crippen LogP contribution in [0.2, 0.25) is 0 Å². The van der Waals surface area contributed by atoms with Crippen LogP contribution in [0.1, 0.15) is 19.3 Å². The van der Waals surface area contributed by atoms with Crippen LogP contribution < -0.4 is 14.8 Å². The topological polar surface area (TPSA) is 84.9 Å². The average Bonchev–Trinajstić information content (AvgIpc) is 3.31. The van der Waals surface area contributed by atoms with Gasteiger partial charge in [-0.2, -0.15) is 0 Å². The molecule has 3 fully saturated rings. The zero-order valence-corrected chi connectivity index (χ0v) is 14.9. The summed E-state index contributed by atoms with van der Waals surface area (Å²) in [5.41, 5.74) is 0.441. The number of imide groups is 1. The highest BCUT2D eigenvalue weighted by Crippen LogP contribution is 2.56. The number of methoxy groups -OCH3 is 2. The number of ether oxygens (including phenoxy) is 2. The molecule has 0 radical (unpaired) electrons. The summed E-state index contributed by atoms with van der Waals surface area (Å²) in [6.07, 6.45) is 3.02. The smallest absolute Gasteiger partial charge is 0.244 e. The molecule has 2 bridgehead atoms. The summed E-state index contributed by atoms with van der Waals surface area (Å²) in [6, 6.07) is 5.04. The summed E-state index contributed by atoms with van der Waals surface area (Å²) in [4.78, 5) is 39.0. The van der Waals surface area contributed by atoms with Gasteiger partial charge in [-0.05, 0) is 43.2 Å². The van der Waals surface area contributed by atoms with Gasteiger partial charge in [0.1, 0.15) is 18.0 Å². The van der Waals surface area contributed by atoms with Crippen molar-refractivity contribution in [1.29, 1.82) is 0 Å².